The molecule has 0 saturated heterocycles. The Kier molecular flexibility index (Phi) is 5.53. The summed E-state index contributed by atoms with van der Waals surface area (Å²) in [4.78, 5) is 31.7. The van der Waals surface area contributed by atoms with Crippen molar-refractivity contribution >= 4 is 17.4 Å². The van der Waals surface area contributed by atoms with Gasteiger partial charge >= 0.3 is 5.69 Å². The molecule has 2 aromatic heterocycles. The molecule has 29 heavy (non-hydrogen) atoms. The molecule has 1 N–H and O–H groups in total. The summed E-state index contributed by atoms with van der Waals surface area (Å²) < 4.78 is 6.80. The molecule has 0 bridgehead atoms. The average molecular weight is 396 g/mol. The number of amides is 1. The molecule has 0 fully saturated rings. The predicted molar refractivity (Wildman–Crippen MR) is 105 cm³/mol. The molecule has 150 valence electrons. The average Bonchev–Trinajstić information content (AvgIpc) is 3.00. The minimum atomic E-state index is -0.546. The van der Waals surface area contributed by atoms with Crippen molar-refractivity contribution in [1.82, 2.24) is 19.7 Å². The third-order valence-corrected chi connectivity index (χ3v) is 3.93. The summed E-state index contributed by atoms with van der Waals surface area (Å²) >= 11 is 0. The lowest BCUT2D eigenvalue weighted by Crippen LogP contribution is -2.22. The van der Waals surface area contributed by atoms with Crippen LogP contribution in [-0.4, -0.2) is 37.2 Å². The first-order valence-corrected chi connectivity index (χ1v) is 8.80. The fraction of sp³-hybridized carbons (Fsp3) is 0.263. The maximum Gasteiger partial charge on any atom is 0.311 e. The van der Waals surface area contributed by atoms with Crippen LogP contribution in [0.3, 0.4) is 0 Å². The van der Waals surface area contributed by atoms with Gasteiger partial charge < -0.3 is 10.1 Å². The molecule has 3 rings (SSSR count). The summed E-state index contributed by atoms with van der Waals surface area (Å²) in [6, 6.07) is 8.05. The Balaban J connectivity index is 1.76. The molecule has 0 spiro atoms. The Bertz CT molecular complexity index is 1070. The number of carbonyl (C=O) groups excluding carboxylic acids is 1. The van der Waals surface area contributed by atoms with Crippen LogP contribution >= 0.6 is 0 Å². The molecule has 0 radical (unpaired) electrons. The number of benzene rings is 1. The number of nitro groups is 1. The number of aromatic nitrogens is 4. The lowest BCUT2D eigenvalue weighted by molar-refractivity contribution is -0.385. The van der Waals surface area contributed by atoms with Crippen LogP contribution in [-0.2, 0) is 4.79 Å². The molecule has 0 atom stereocenters. The van der Waals surface area contributed by atoms with Gasteiger partial charge in [0.25, 0.3) is 11.9 Å². The van der Waals surface area contributed by atoms with Crippen LogP contribution in [0.25, 0.3) is 5.95 Å². The number of nitro benzene ring substituents is 1. The van der Waals surface area contributed by atoms with Crippen LogP contribution in [0.1, 0.15) is 22.6 Å². The second-order valence-corrected chi connectivity index (χ2v) is 6.60. The molecule has 10 heteroatoms. The highest BCUT2D eigenvalue weighted by atomic mass is 16.6. The SMILES string of the molecule is Cc1ccc(OCC(=O)Nc2cc(C)nn2-c2nc(C)cc(C)n2)c([N+](=O)[O-])c1. The van der Waals surface area contributed by atoms with E-state index in [4.69, 9.17) is 4.74 Å². The van der Waals surface area contributed by atoms with E-state index in [1.807, 2.05) is 19.9 Å². The lowest BCUT2D eigenvalue weighted by Gasteiger charge is -2.10. The second-order valence-electron chi connectivity index (χ2n) is 6.60. The molecule has 3 aromatic rings. The van der Waals surface area contributed by atoms with Gasteiger partial charge in [-0.05, 0) is 45.4 Å². The van der Waals surface area contributed by atoms with E-state index in [9.17, 15) is 14.9 Å². The largest absolute Gasteiger partial charge is 0.477 e. The fourth-order valence-electron chi connectivity index (χ4n) is 2.76. The first kappa shape index (κ1) is 19.9. The number of ether oxygens (including phenoxy) is 1. The topological polar surface area (TPSA) is 125 Å². The highest BCUT2D eigenvalue weighted by Crippen LogP contribution is 2.27. The van der Waals surface area contributed by atoms with E-state index in [-0.39, 0.29) is 11.4 Å². The highest BCUT2D eigenvalue weighted by Gasteiger charge is 2.18. The van der Waals surface area contributed by atoms with E-state index in [1.54, 1.807) is 26.0 Å². The van der Waals surface area contributed by atoms with Crippen molar-refractivity contribution in [3.8, 4) is 11.7 Å². The quantitative estimate of drug-likeness (QED) is 0.501. The van der Waals surface area contributed by atoms with Crippen LogP contribution < -0.4 is 10.1 Å². The highest BCUT2D eigenvalue weighted by molar-refractivity contribution is 5.91. The van der Waals surface area contributed by atoms with E-state index in [2.05, 4.69) is 20.4 Å². The summed E-state index contributed by atoms with van der Waals surface area (Å²) in [5.41, 5.74) is 2.74. The minimum Gasteiger partial charge on any atom is -0.477 e. The van der Waals surface area contributed by atoms with Crippen molar-refractivity contribution in [1.29, 1.82) is 0 Å². The normalized spacial score (nSPS) is 10.6. The zero-order valence-corrected chi connectivity index (χ0v) is 16.5. The van der Waals surface area contributed by atoms with Gasteiger partial charge in [0.05, 0.1) is 10.6 Å². The number of hydrogen-bond acceptors (Lipinski definition) is 7. The number of carbonyl (C=O) groups is 1. The molecule has 0 saturated carbocycles. The molecule has 0 aliphatic heterocycles. The Morgan fingerprint density at radius 2 is 1.79 bits per heavy atom. The van der Waals surface area contributed by atoms with E-state index in [0.717, 1.165) is 17.0 Å². The van der Waals surface area contributed by atoms with Gasteiger partial charge in [0.2, 0.25) is 0 Å². The first-order valence-electron chi connectivity index (χ1n) is 8.80. The number of nitrogens with one attached hydrogen (secondary N) is 1. The van der Waals surface area contributed by atoms with Crippen molar-refractivity contribution in [3.05, 3.63) is 63.1 Å². The monoisotopic (exact) mass is 396 g/mol. The van der Waals surface area contributed by atoms with Gasteiger partial charge in [-0.25, -0.2) is 9.97 Å². The van der Waals surface area contributed by atoms with Gasteiger partial charge in [0.1, 0.15) is 5.82 Å². The van der Waals surface area contributed by atoms with Crippen molar-refractivity contribution in [2.75, 3.05) is 11.9 Å². The van der Waals surface area contributed by atoms with Gasteiger partial charge in [-0.3, -0.25) is 14.9 Å². The number of anilines is 1. The smallest absolute Gasteiger partial charge is 0.311 e. The summed E-state index contributed by atoms with van der Waals surface area (Å²) in [6.45, 7) is 6.80. The van der Waals surface area contributed by atoms with E-state index < -0.39 is 17.4 Å². The maximum absolute atomic E-state index is 12.4. The molecule has 0 unspecified atom stereocenters. The predicted octanol–water partition coefficient (Wildman–Crippen LogP) is 2.82. The van der Waals surface area contributed by atoms with Crippen LogP contribution in [0.15, 0.2) is 30.3 Å². The van der Waals surface area contributed by atoms with Crippen LogP contribution in [0.4, 0.5) is 11.5 Å². The molecule has 0 aliphatic carbocycles. The van der Waals surface area contributed by atoms with Crippen molar-refractivity contribution in [2.24, 2.45) is 0 Å². The standard InChI is InChI=1S/C19H20N6O4/c1-11-5-6-16(15(7-11)25(27)28)29-10-18(26)22-17-9-14(4)23-24(17)19-20-12(2)8-13(3)21-19/h5-9H,10H2,1-4H3,(H,22,26). The number of hydrogen-bond donors (Lipinski definition) is 1. The summed E-state index contributed by atoms with van der Waals surface area (Å²) in [6.07, 6.45) is 0. The van der Waals surface area contributed by atoms with Crippen LogP contribution in [0.5, 0.6) is 5.75 Å². The molecule has 10 nitrogen and oxygen atoms in total. The Morgan fingerprint density at radius 1 is 1.10 bits per heavy atom. The molecular formula is C19H20N6O4. The zero-order chi connectivity index (χ0) is 21.1. The molecule has 2 heterocycles. The lowest BCUT2D eigenvalue weighted by atomic mass is 10.2. The fourth-order valence-corrected chi connectivity index (χ4v) is 2.76. The molecular weight excluding hydrogens is 376 g/mol. The third-order valence-electron chi connectivity index (χ3n) is 3.93. The zero-order valence-electron chi connectivity index (χ0n) is 16.5. The maximum atomic E-state index is 12.4. The molecule has 0 aliphatic rings. The van der Waals surface area contributed by atoms with Gasteiger partial charge in [-0.15, -0.1) is 0 Å². The third kappa shape index (κ3) is 4.72. The van der Waals surface area contributed by atoms with E-state index in [1.165, 1.54) is 16.8 Å². The molecule has 1 aromatic carbocycles. The Hall–Kier alpha value is -3.82. The van der Waals surface area contributed by atoms with Gasteiger partial charge in [-0.2, -0.15) is 9.78 Å². The second kappa shape index (κ2) is 8.05. The van der Waals surface area contributed by atoms with Crippen molar-refractivity contribution in [2.45, 2.75) is 27.7 Å². The molecule has 1 amide bonds. The van der Waals surface area contributed by atoms with E-state index >= 15 is 0 Å². The first-order chi connectivity index (χ1) is 13.7. The summed E-state index contributed by atoms with van der Waals surface area (Å²) in [7, 11) is 0. The number of aryl methyl sites for hydroxylation is 4. The summed E-state index contributed by atoms with van der Waals surface area (Å²) in [5, 5.41) is 18.2. The van der Waals surface area contributed by atoms with Gasteiger partial charge in [0, 0.05) is 23.5 Å². The number of rotatable bonds is 6. The van der Waals surface area contributed by atoms with Crippen LogP contribution in [0.2, 0.25) is 0 Å². The Morgan fingerprint density at radius 3 is 2.45 bits per heavy atom. The summed E-state index contributed by atoms with van der Waals surface area (Å²) in [5.74, 6) is 0.240. The van der Waals surface area contributed by atoms with E-state index in [0.29, 0.717) is 17.5 Å². The van der Waals surface area contributed by atoms with Gasteiger partial charge in [-0.1, -0.05) is 6.07 Å². The Labute approximate surface area is 166 Å². The minimum absolute atomic E-state index is 0.0260. The number of nitrogens with zero attached hydrogens (tertiary/aromatic N) is 5. The van der Waals surface area contributed by atoms with Crippen LogP contribution in [0, 0.1) is 37.8 Å². The van der Waals surface area contributed by atoms with Crippen molar-refractivity contribution < 1.29 is 14.5 Å². The van der Waals surface area contributed by atoms with Gasteiger partial charge in [0.15, 0.2) is 12.4 Å². The van der Waals surface area contributed by atoms with Crippen molar-refractivity contribution in [3.63, 3.8) is 0 Å².